The Kier molecular flexibility index (Phi) is 5.25. The number of anilines is 2. The van der Waals surface area contributed by atoms with Gasteiger partial charge < -0.3 is 15.4 Å². The van der Waals surface area contributed by atoms with E-state index in [1.165, 1.54) is 25.6 Å². The molecule has 1 aliphatic carbocycles. The van der Waals surface area contributed by atoms with Crippen LogP contribution in [0.15, 0.2) is 36.7 Å². The Morgan fingerprint density at radius 3 is 2.79 bits per heavy atom. The fourth-order valence-corrected chi connectivity index (χ4v) is 2.90. The van der Waals surface area contributed by atoms with Gasteiger partial charge in [0.05, 0.1) is 7.11 Å². The van der Waals surface area contributed by atoms with Crippen LogP contribution >= 0.6 is 0 Å². The second-order valence-corrected chi connectivity index (χ2v) is 5.95. The van der Waals surface area contributed by atoms with Gasteiger partial charge in [0.2, 0.25) is 0 Å². The Labute approximate surface area is 141 Å². The van der Waals surface area contributed by atoms with Crippen LogP contribution in [0.3, 0.4) is 0 Å². The van der Waals surface area contributed by atoms with Crippen LogP contribution in [0.4, 0.5) is 11.5 Å². The molecule has 24 heavy (non-hydrogen) atoms. The number of amides is 1. The summed E-state index contributed by atoms with van der Waals surface area (Å²) < 4.78 is 5.20. The lowest BCUT2D eigenvalue weighted by Crippen LogP contribution is -2.36. The van der Waals surface area contributed by atoms with Crippen molar-refractivity contribution in [2.45, 2.75) is 38.1 Å². The number of hydrogen-bond donors (Lipinski definition) is 2. The molecule has 0 saturated heterocycles. The van der Waals surface area contributed by atoms with E-state index < -0.39 is 0 Å². The van der Waals surface area contributed by atoms with E-state index in [1.54, 1.807) is 13.2 Å². The number of rotatable bonds is 5. The van der Waals surface area contributed by atoms with Crippen molar-refractivity contribution in [2.24, 2.45) is 0 Å². The van der Waals surface area contributed by atoms with E-state index >= 15 is 0 Å². The van der Waals surface area contributed by atoms with E-state index in [0.29, 0.717) is 11.5 Å². The summed E-state index contributed by atoms with van der Waals surface area (Å²) in [6.07, 6.45) is 7.11. The van der Waals surface area contributed by atoms with Crippen LogP contribution in [-0.2, 0) is 0 Å². The summed E-state index contributed by atoms with van der Waals surface area (Å²) in [6, 6.07) is 9.46. The van der Waals surface area contributed by atoms with Crippen LogP contribution < -0.4 is 15.4 Å². The fourth-order valence-electron chi connectivity index (χ4n) is 2.90. The molecule has 3 rings (SSSR count). The molecule has 0 radical (unpaired) electrons. The molecule has 2 N–H and O–H groups in total. The van der Waals surface area contributed by atoms with Gasteiger partial charge in [-0.15, -0.1) is 0 Å². The highest BCUT2D eigenvalue weighted by molar-refractivity contribution is 5.93. The van der Waals surface area contributed by atoms with Crippen molar-refractivity contribution < 1.29 is 9.53 Å². The average molecular weight is 326 g/mol. The SMILES string of the molecule is COc1cccc(Nc2cc(C(=O)NC3CCCCC3)ncn2)c1. The minimum atomic E-state index is -0.141. The first-order chi connectivity index (χ1) is 11.7. The highest BCUT2D eigenvalue weighted by Crippen LogP contribution is 2.21. The molecule has 0 unspecified atom stereocenters. The van der Waals surface area contributed by atoms with Gasteiger partial charge in [-0.2, -0.15) is 0 Å². The van der Waals surface area contributed by atoms with Gasteiger partial charge >= 0.3 is 0 Å². The third kappa shape index (κ3) is 4.22. The molecule has 6 heteroatoms. The van der Waals surface area contributed by atoms with E-state index in [-0.39, 0.29) is 11.9 Å². The van der Waals surface area contributed by atoms with Crippen LogP contribution in [0.2, 0.25) is 0 Å². The van der Waals surface area contributed by atoms with Crippen molar-refractivity contribution in [3.8, 4) is 5.75 Å². The monoisotopic (exact) mass is 326 g/mol. The van der Waals surface area contributed by atoms with Gasteiger partial charge in [0.1, 0.15) is 23.6 Å². The molecule has 1 fully saturated rings. The highest BCUT2D eigenvalue weighted by Gasteiger charge is 2.17. The molecule has 0 spiro atoms. The molecule has 6 nitrogen and oxygen atoms in total. The third-order valence-corrected chi connectivity index (χ3v) is 4.18. The van der Waals surface area contributed by atoms with Gasteiger partial charge in [-0.25, -0.2) is 9.97 Å². The van der Waals surface area contributed by atoms with Crippen LogP contribution in [0, 0.1) is 0 Å². The molecule has 0 bridgehead atoms. The van der Waals surface area contributed by atoms with Gasteiger partial charge in [-0.3, -0.25) is 4.79 Å². The molecule has 1 heterocycles. The number of nitrogens with zero attached hydrogens (tertiary/aromatic N) is 2. The maximum atomic E-state index is 12.4. The topological polar surface area (TPSA) is 76.1 Å². The predicted octanol–water partition coefficient (Wildman–Crippen LogP) is 3.29. The minimum Gasteiger partial charge on any atom is -0.497 e. The largest absolute Gasteiger partial charge is 0.497 e. The number of carbonyl (C=O) groups is 1. The third-order valence-electron chi connectivity index (χ3n) is 4.18. The van der Waals surface area contributed by atoms with Crippen LogP contribution in [0.5, 0.6) is 5.75 Å². The number of benzene rings is 1. The first-order valence-corrected chi connectivity index (χ1v) is 8.28. The quantitative estimate of drug-likeness (QED) is 0.882. The number of nitrogens with one attached hydrogen (secondary N) is 2. The van der Waals surface area contributed by atoms with E-state index in [1.807, 2.05) is 24.3 Å². The number of hydrogen-bond acceptors (Lipinski definition) is 5. The summed E-state index contributed by atoms with van der Waals surface area (Å²) in [7, 11) is 1.62. The number of aromatic nitrogens is 2. The van der Waals surface area contributed by atoms with E-state index in [0.717, 1.165) is 24.3 Å². The highest BCUT2D eigenvalue weighted by atomic mass is 16.5. The van der Waals surface area contributed by atoms with Gasteiger partial charge in [-0.1, -0.05) is 25.3 Å². The number of methoxy groups -OCH3 is 1. The van der Waals surface area contributed by atoms with Crippen LogP contribution in [0.25, 0.3) is 0 Å². The van der Waals surface area contributed by atoms with Crippen molar-refractivity contribution in [2.75, 3.05) is 12.4 Å². The molecule has 1 aliphatic rings. The molecule has 0 atom stereocenters. The summed E-state index contributed by atoms with van der Waals surface area (Å²) in [4.78, 5) is 20.6. The van der Waals surface area contributed by atoms with Crippen molar-refractivity contribution in [1.82, 2.24) is 15.3 Å². The van der Waals surface area contributed by atoms with Crippen molar-refractivity contribution in [3.63, 3.8) is 0 Å². The van der Waals surface area contributed by atoms with Crippen molar-refractivity contribution >= 4 is 17.4 Å². The molecule has 126 valence electrons. The predicted molar refractivity (Wildman–Crippen MR) is 92.6 cm³/mol. The van der Waals surface area contributed by atoms with Gasteiger partial charge in [0.25, 0.3) is 5.91 Å². The molecular formula is C18H22N4O2. The molecule has 1 aromatic heterocycles. The summed E-state index contributed by atoms with van der Waals surface area (Å²) in [6.45, 7) is 0. The fraction of sp³-hybridized carbons (Fsp3) is 0.389. The lowest BCUT2D eigenvalue weighted by molar-refractivity contribution is 0.0922. The second kappa shape index (κ2) is 7.77. The summed E-state index contributed by atoms with van der Waals surface area (Å²) in [5.41, 5.74) is 1.22. The van der Waals surface area contributed by atoms with Gasteiger partial charge in [0, 0.05) is 23.9 Å². The number of ether oxygens (including phenoxy) is 1. The molecule has 2 aromatic rings. The standard InChI is InChI=1S/C18H22N4O2/c1-24-15-9-5-8-14(10-15)21-17-11-16(19-12-20-17)18(23)22-13-6-3-2-4-7-13/h5,8-13H,2-4,6-7H2,1H3,(H,22,23)(H,19,20,21). The molecule has 0 aliphatic heterocycles. The van der Waals surface area contributed by atoms with Crippen LogP contribution in [-0.4, -0.2) is 29.0 Å². The first kappa shape index (κ1) is 16.2. The first-order valence-electron chi connectivity index (χ1n) is 8.28. The average Bonchev–Trinajstić information content (AvgIpc) is 2.63. The van der Waals surface area contributed by atoms with E-state index in [4.69, 9.17) is 4.74 Å². The summed E-state index contributed by atoms with van der Waals surface area (Å²) in [5.74, 6) is 1.19. The molecule has 1 saturated carbocycles. The Hall–Kier alpha value is -2.63. The smallest absolute Gasteiger partial charge is 0.270 e. The second-order valence-electron chi connectivity index (χ2n) is 5.95. The normalized spacial score (nSPS) is 14.9. The van der Waals surface area contributed by atoms with Crippen molar-refractivity contribution in [3.05, 3.63) is 42.4 Å². The lowest BCUT2D eigenvalue weighted by Gasteiger charge is -2.22. The zero-order valence-corrected chi connectivity index (χ0v) is 13.8. The Bertz CT molecular complexity index is 699. The molecular weight excluding hydrogens is 304 g/mol. The maximum absolute atomic E-state index is 12.4. The van der Waals surface area contributed by atoms with E-state index in [2.05, 4.69) is 20.6 Å². The molecule has 1 amide bonds. The minimum absolute atomic E-state index is 0.141. The summed E-state index contributed by atoms with van der Waals surface area (Å²) >= 11 is 0. The van der Waals surface area contributed by atoms with Gasteiger partial charge in [-0.05, 0) is 25.0 Å². The number of carbonyl (C=O) groups excluding carboxylic acids is 1. The lowest BCUT2D eigenvalue weighted by atomic mass is 9.95. The maximum Gasteiger partial charge on any atom is 0.270 e. The van der Waals surface area contributed by atoms with E-state index in [9.17, 15) is 4.79 Å². The zero-order chi connectivity index (χ0) is 16.8. The Morgan fingerprint density at radius 2 is 2.00 bits per heavy atom. The van der Waals surface area contributed by atoms with Crippen LogP contribution in [0.1, 0.15) is 42.6 Å². The zero-order valence-electron chi connectivity index (χ0n) is 13.8. The Morgan fingerprint density at radius 1 is 1.17 bits per heavy atom. The van der Waals surface area contributed by atoms with Crippen molar-refractivity contribution in [1.29, 1.82) is 0 Å². The Balaban J connectivity index is 1.67. The van der Waals surface area contributed by atoms with Gasteiger partial charge in [0.15, 0.2) is 0 Å². The molecule has 1 aromatic carbocycles. The summed E-state index contributed by atoms with van der Waals surface area (Å²) in [5, 5.41) is 6.23.